The van der Waals surface area contributed by atoms with E-state index in [2.05, 4.69) is 29.3 Å². The minimum atomic E-state index is -0.353. The fourth-order valence-electron chi connectivity index (χ4n) is 3.55. The molecule has 160 valence electrons. The molecule has 1 aromatic heterocycles. The van der Waals surface area contributed by atoms with Crippen molar-refractivity contribution < 1.29 is 14.8 Å². The van der Waals surface area contributed by atoms with Crippen molar-refractivity contribution in [1.29, 1.82) is 0 Å². The van der Waals surface area contributed by atoms with E-state index in [1.54, 1.807) is 34.7 Å². The normalized spacial score (nSPS) is 18.6. The first-order valence-corrected chi connectivity index (χ1v) is 11.8. The van der Waals surface area contributed by atoms with Gasteiger partial charge in [0.1, 0.15) is 0 Å². The molecule has 2 heterocycles. The molecule has 1 aromatic carbocycles. The molecule has 2 aromatic rings. The Kier molecular flexibility index (Phi) is 8.09. The molecule has 1 saturated heterocycles. The van der Waals surface area contributed by atoms with Gasteiger partial charge in [-0.3, -0.25) is 14.8 Å². The predicted octanol–water partition coefficient (Wildman–Crippen LogP) is 4.14. The molecule has 0 saturated carbocycles. The van der Waals surface area contributed by atoms with E-state index in [1.807, 2.05) is 24.3 Å². The maximum Gasteiger partial charge on any atom is 0.245 e. The van der Waals surface area contributed by atoms with Gasteiger partial charge in [0.05, 0.1) is 11.3 Å². The maximum atomic E-state index is 12.1. The summed E-state index contributed by atoms with van der Waals surface area (Å²) in [6, 6.07) is 11.9. The summed E-state index contributed by atoms with van der Waals surface area (Å²) in [5, 5.41) is 14.9. The van der Waals surface area contributed by atoms with Gasteiger partial charge in [0.25, 0.3) is 0 Å². The standard InChI is InChI=1S/C22H27N3O3S2/c1-2-11-23-15-21(27)24-17-7-5-6-16(13-17)18-8-9-19(30-18)22(14-20(26)25-28)10-3-4-12-29-22/h2,5-9,13,23,28H,1,3-4,10-12,14-15H2,(H,24,27)(H,25,26)/t22-/m0/s1. The minimum absolute atomic E-state index is 0.103. The van der Waals surface area contributed by atoms with E-state index in [1.165, 1.54) is 0 Å². The van der Waals surface area contributed by atoms with Gasteiger partial charge in [-0.25, -0.2) is 5.48 Å². The van der Waals surface area contributed by atoms with Crippen molar-refractivity contribution in [3.8, 4) is 10.4 Å². The molecule has 0 bridgehead atoms. The highest BCUT2D eigenvalue weighted by Crippen LogP contribution is 2.50. The van der Waals surface area contributed by atoms with Crippen LogP contribution in [-0.4, -0.2) is 35.9 Å². The number of thioether (sulfide) groups is 1. The molecular weight excluding hydrogens is 418 g/mol. The second-order valence-corrected chi connectivity index (χ2v) is 9.79. The van der Waals surface area contributed by atoms with E-state index in [-0.39, 0.29) is 29.5 Å². The van der Waals surface area contributed by atoms with Gasteiger partial charge >= 0.3 is 0 Å². The number of thiophene rings is 1. The van der Waals surface area contributed by atoms with Crippen molar-refractivity contribution in [2.75, 3.05) is 24.2 Å². The first kappa shape index (κ1) is 22.6. The number of carbonyl (C=O) groups is 2. The number of rotatable bonds is 9. The van der Waals surface area contributed by atoms with E-state index in [0.29, 0.717) is 6.54 Å². The Labute approximate surface area is 185 Å². The highest BCUT2D eigenvalue weighted by atomic mass is 32.2. The maximum absolute atomic E-state index is 12.1. The van der Waals surface area contributed by atoms with Crippen molar-refractivity contribution in [2.45, 2.75) is 30.4 Å². The molecule has 4 N–H and O–H groups in total. The average molecular weight is 446 g/mol. The van der Waals surface area contributed by atoms with Crippen LogP contribution in [0.5, 0.6) is 0 Å². The Balaban J connectivity index is 1.77. The molecule has 0 unspecified atom stereocenters. The number of hydrogen-bond acceptors (Lipinski definition) is 6. The first-order chi connectivity index (χ1) is 14.6. The van der Waals surface area contributed by atoms with Crippen LogP contribution in [0.1, 0.15) is 30.6 Å². The van der Waals surface area contributed by atoms with Gasteiger partial charge in [0.15, 0.2) is 0 Å². The number of nitrogens with one attached hydrogen (secondary N) is 3. The van der Waals surface area contributed by atoms with Crippen LogP contribution in [0.4, 0.5) is 5.69 Å². The van der Waals surface area contributed by atoms with Crippen LogP contribution in [-0.2, 0) is 14.3 Å². The third-order valence-electron chi connectivity index (χ3n) is 4.98. The molecule has 8 heteroatoms. The monoisotopic (exact) mass is 445 g/mol. The molecule has 0 spiro atoms. The highest BCUT2D eigenvalue weighted by Gasteiger charge is 2.38. The van der Waals surface area contributed by atoms with Gasteiger partial charge < -0.3 is 10.6 Å². The van der Waals surface area contributed by atoms with Gasteiger partial charge in [-0.05, 0) is 48.4 Å². The molecule has 1 fully saturated rings. The Morgan fingerprint density at radius 3 is 2.80 bits per heavy atom. The number of benzene rings is 1. The Morgan fingerprint density at radius 2 is 2.07 bits per heavy atom. The zero-order chi connectivity index (χ0) is 21.4. The van der Waals surface area contributed by atoms with Gasteiger partial charge in [-0.15, -0.1) is 29.7 Å². The summed E-state index contributed by atoms with van der Waals surface area (Å²) >= 11 is 3.47. The van der Waals surface area contributed by atoms with Crippen LogP contribution in [0.25, 0.3) is 10.4 Å². The van der Waals surface area contributed by atoms with Crippen LogP contribution in [0, 0.1) is 0 Å². The van der Waals surface area contributed by atoms with Gasteiger partial charge in [0, 0.05) is 28.4 Å². The van der Waals surface area contributed by atoms with Gasteiger partial charge in [0.2, 0.25) is 11.8 Å². The number of hydroxylamine groups is 1. The molecule has 1 aliphatic rings. The van der Waals surface area contributed by atoms with Crippen molar-refractivity contribution in [1.82, 2.24) is 10.8 Å². The highest BCUT2D eigenvalue weighted by molar-refractivity contribution is 8.00. The zero-order valence-electron chi connectivity index (χ0n) is 16.8. The summed E-state index contributed by atoms with van der Waals surface area (Å²) in [5.74, 6) is 0.551. The first-order valence-electron chi connectivity index (χ1n) is 9.95. The van der Waals surface area contributed by atoms with Crippen LogP contribution in [0.2, 0.25) is 0 Å². The molecular formula is C22H27N3O3S2. The lowest BCUT2D eigenvalue weighted by atomic mass is 9.94. The molecule has 0 radical (unpaired) electrons. The van der Waals surface area contributed by atoms with E-state index >= 15 is 0 Å². The lowest BCUT2D eigenvalue weighted by Gasteiger charge is -2.35. The summed E-state index contributed by atoms with van der Waals surface area (Å²) in [6.45, 7) is 4.43. The smallest absolute Gasteiger partial charge is 0.245 e. The second-order valence-electron chi connectivity index (χ2n) is 7.22. The quantitative estimate of drug-likeness (QED) is 0.202. The van der Waals surface area contributed by atoms with Crippen molar-refractivity contribution in [2.24, 2.45) is 0 Å². The fraction of sp³-hybridized carbons (Fsp3) is 0.364. The van der Waals surface area contributed by atoms with E-state index in [0.717, 1.165) is 46.0 Å². The minimum Gasteiger partial charge on any atom is -0.325 e. The lowest BCUT2D eigenvalue weighted by Crippen LogP contribution is -2.32. The Bertz CT molecular complexity index is 891. The largest absolute Gasteiger partial charge is 0.325 e. The molecule has 1 aliphatic heterocycles. The van der Waals surface area contributed by atoms with Gasteiger partial charge in [-0.1, -0.05) is 24.6 Å². The van der Waals surface area contributed by atoms with Crippen LogP contribution in [0.3, 0.4) is 0 Å². The van der Waals surface area contributed by atoms with E-state index in [4.69, 9.17) is 5.21 Å². The SMILES string of the molecule is C=CCNCC(=O)Nc1cccc(-c2ccc([C@@]3(CC(=O)NO)CCCCS3)s2)c1. The van der Waals surface area contributed by atoms with Crippen LogP contribution in [0.15, 0.2) is 49.1 Å². The molecule has 3 rings (SSSR count). The van der Waals surface area contributed by atoms with Crippen molar-refractivity contribution in [3.63, 3.8) is 0 Å². The molecule has 6 nitrogen and oxygen atoms in total. The third-order valence-corrected chi connectivity index (χ3v) is 8.07. The summed E-state index contributed by atoms with van der Waals surface area (Å²) in [7, 11) is 0. The van der Waals surface area contributed by atoms with Crippen LogP contribution < -0.4 is 16.1 Å². The second kappa shape index (κ2) is 10.8. The summed E-state index contributed by atoms with van der Waals surface area (Å²) in [6.07, 6.45) is 5.11. The number of anilines is 1. The average Bonchev–Trinajstić information content (AvgIpc) is 3.26. The number of carbonyl (C=O) groups excluding carboxylic acids is 2. The van der Waals surface area contributed by atoms with Crippen molar-refractivity contribution in [3.05, 3.63) is 53.9 Å². The van der Waals surface area contributed by atoms with Gasteiger partial charge in [-0.2, -0.15) is 0 Å². The van der Waals surface area contributed by atoms with Crippen molar-refractivity contribution >= 4 is 40.6 Å². The van der Waals surface area contributed by atoms with E-state index in [9.17, 15) is 9.59 Å². The molecule has 0 aliphatic carbocycles. The zero-order valence-corrected chi connectivity index (χ0v) is 18.4. The Hall–Kier alpha value is -2.13. The number of amides is 2. The van der Waals surface area contributed by atoms with E-state index < -0.39 is 0 Å². The summed E-state index contributed by atoms with van der Waals surface area (Å²) in [4.78, 5) is 26.2. The molecule has 1 atom stereocenters. The van der Waals surface area contributed by atoms with Crippen LogP contribution >= 0.6 is 23.1 Å². The summed E-state index contributed by atoms with van der Waals surface area (Å²) in [5.41, 5.74) is 3.55. The number of hydrogen-bond donors (Lipinski definition) is 4. The lowest BCUT2D eigenvalue weighted by molar-refractivity contribution is -0.129. The predicted molar refractivity (Wildman–Crippen MR) is 124 cm³/mol. The Morgan fingerprint density at radius 1 is 1.20 bits per heavy atom. The topological polar surface area (TPSA) is 90.5 Å². The molecule has 30 heavy (non-hydrogen) atoms. The molecule has 2 amide bonds. The summed E-state index contributed by atoms with van der Waals surface area (Å²) < 4.78 is -0.295. The third kappa shape index (κ3) is 5.72. The fourth-order valence-corrected chi connectivity index (χ4v) is 6.44.